The summed E-state index contributed by atoms with van der Waals surface area (Å²) in [6.45, 7) is 0. The minimum Gasteiger partial charge on any atom is -0.497 e. The van der Waals surface area contributed by atoms with E-state index in [2.05, 4.69) is 4.74 Å². The normalized spacial score (nSPS) is 9.13. The predicted octanol–water partition coefficient (Wildman–Crippen LogP) is 1.61. The molecule has 2 aromatic carbocycles. The van der Waals surface area contributed by atoms with Crippen molar-refractivity contribution in [3.05, 3.63) is 42.0 Å². The van der Waals surface area contributed by atoms with Crippen molar-refractivity contribution in [2.45, 2.75) is 0 Å². The van der Waals surface area contributed by atoms with E-state index in [0.717, 1.165) is 0 Å². The predicted molar refractivity (Wildman–Crippen MR) is 83.3 cm³/mol. The molecule has 0 aliphatic carbocycles. The summed E-state index contributed by atoms with van der Waals surface area (Å²) in [7, 11) is 2.87. The maximum atomic E-state index is 11.5. The molecule has 0 saturated carbocycles. The van der Waals surface area contributed by atoms with Gasteiger partial charge >= 0.3 is 5.97 Å². The van der Waals surface area contributed by atoms with Crippen LogP contribution in [0, 0.1) is 44.1 Å². The Balaban J connectivity index is 0.00000242. The molecular formula is C15H18AcN2O5. The average molecular weight is 533 g/mol. The number of carbonyl (C=O) groups is 1. The standard InChI is InChI=1S/C15H16N2O4.Ac.H2O/c1-19-10-3-5-11(6-4-10)21-14-12(16)7-9(8-13(14)17)15(18)20-2;;/h3-8H,16-17H2,1-2H3;;1H2. The fourth-order valence-corrected chi connectivity index (χ4v) is 1.79. The summed E-state index contributed by atoms with van der Waals surface area (Å²) < 4.78 is 15.3. The third-order valence-electron chi connectivity index (χ3n) is 2.85. The Morgan fingerprint density at radius 2 is 1.43 bits per heavy atom. The van der Waals surface area contributed by atoms with Crippen molar-refractivity contribution in [1.82, 2.24) is 0 Å². The molecule has 0 atom stereocenters. The number of methoxy groups -OCH3 is 2. The SMILES string of the molecule is COC(=O)c1cc(N)c(Oc2ccc(OC)cc2)c(N)c1.O.[Ac]. The summed E-state index contributed by atoms with van der Waals surface area (Å²) >= 11 is 0. The van der Waals surface area contributed by atoms with E-state index in [4.69, 9.17) is 20.9 Å². The molecule has 0 fully saturated rings. The molecule has 0 aliphatic rings. The third-order valence-corrected chi connectivity index (χ3v) is 2.85. The van der Waals surface area contributed by atoms with E-state index in [0.29, 0.717) is 17.2 Å². The molecule has 2 rings (SSSR count). The van der Waals surface area contributed by atoms with Gasteiger partial charge in [-0.15, -0.1) is 0 Å². The summed E-state index contributed by atoms with van der Waals surface area (Å²) in [6, 6.07) is 9.88. The Hall–Kier alpha value is -1.49. The van der Waals surface area contributed by atoms with Gasteiger partial charge in [0.25, 0.3) is 0 Å². The molecule has 0 saturated heterocycles. The van der Waals surface area contributed by atoms with Crippen LogP contribution < -0.4 is 20.9 Å². The first kappa shape index (κ1) is 21.5. The van der Waals surface area contributed by atoms with Crippen LogP contribution in [0.2, 0.25) is 0 Å². The van der Waals surface area contributed by atoms with Gasteiger partial charge in [-0.3, -0.25) is 0 Å². The molecule has 8 heteroatoms. The number of anilines is 2. The zero-order chi connectivity index (χ0) is 15.4. The van der Waals surface area contributed by atoms with Crippen molar-refractivity contribution < 1.29 is 68.5 Å². The van der Waals surface area contributed by atoms with Crippen LogP contribution in [-0.4, -0.2) is 25.7 Å². The van der Waals surface area contributed by atoms with E-state index in [9.17, 15) is 4.79 Å². The number of carbonyl (C=O) groups excluding carboxylic acids is 1. The number of rotatable bonds is 4. The minimum atomic E-state index is -0.510. The number of hydrogen-bond acceptors (Lipinski definition) is 6. The first-order valence-corrected chi connectivity index (χ1v) is 6.14. The van der Waals surface area contributed by atoms with Gasteiger partial charge in [-0.2, -0.15) is 0 Å². The van der Waals surface area contributed by atoms with Crippen LogP contribution in [0.1, 0.15) is 10.4 Å². The first-order valence-electron chi connectivity index (χ1n) is 6.14. The number of nitrogens with two attached hydrogens (primary N) is 2. The summed E-state index contributed by atoms with van der Waals surface area (Å²) in [5, 5.41) is 0. The van der Waals surface area contributed by atoms with Gasteiger partial charge in [-0.25, -0.2) is 4.79 Å². The monoisotopic (exact) mass is 533 g/mol. The van der Waals surface area contributed by atoms with Gasteiger partial charge in [0.2, 0.25) is 0 Å². The summed E-state index contributed by atoms with van der Waals surface area (Å²) in [6.07, 6.45) is 0. The van der Waals surface area contributed by atoms with Crippen molar-refractivity contribution in [2.75, 3.05) is 25.7 Å². The molecule has 23 heavy (non-hydrogen) atoms. The quantitative estimate of drug-likeness (QED) is 0.454. The topological polar surface area (TPSA) is 128 Å². The second-order valence-corrected chi connectivity index (χ2v) is 4.25. The van der Waals surface area contributed by atoms with Gasteiger partial charge in [0.1, 0.15) is 11.5 Å². The average Bonchev–Trinajstić information content (AvgIpc) is 2.50. The molecule has 0 heterocycles. The largest absolute Gasteiger partial charge is 0.497 e. The Labute approximate surface area is 169 Å². The van der Waals surface area contributed by atoms with Crippen LogP contribution >= 0.6 is 0 Å². The van der Waals surface area contributed by atoms with Crippen molar-refractivity contribution in [1.29, 1.82) is 0 Å². The first-order chi connectivity index (χ1) is 10.0. The van der Waals surface area contributed by atoms with Crippen molar-refractivity contribution in [3.8, 4) is 17.2 Å². The number of nitrogen functional groups attached to an aromatic ring is 2. The van der Waals surface area contributed by atoms with Crippen LogP contribution in [0.25, 0.3) is 0 Å². The molecule has 121 valence electrons. The molecule has 2 aromatic rings. The number of ether oxygens (including phenoxy) is 3. The van der Waals surface area contributed by atoms with E-state index < -0.39 is 5.97 Å². The molecule has 0 unspecified atom stereocenters. The molecule has 0 aromatic heterocycles. The Kier molecular flexibility index (Phi) is 8.98. The van der Waals surface area contributed by atoms with Crippen molar-refractivity contribution in [2.24, 2.45) is 0 Å². The fourth-order valence-electron chi connectivity index (χ4n) is 1.79. The Bertz CT molecular complexity index is 638. The van der Waals surface area contributed by atoms with E-state index in [1.54, 1.807) is 31.4 Å². The van der Waals surface area contributed by atoms with Gasteiger partial charge in [0.15, 0.2) is 5.75 Å². The van der Waals surface area contributed by atoms with E-state index in [-0.39, 0.29) is 66.5 Å². The molecule has 6 N–H and O–H groups in total. The smallest absolute Gasteiger partial charge is 0.338 e. The minimum absolute atomic E-state index is 0. The van der Waals surface area contributed by atoms with E-state index >= 15 is 0 Å². The second-order valence-electron chi connectivity index (χ2n) is 4.25. The van der Waals surface area contributed by atoms with Gasteiger partial charge in [-0.1, -0.05) is 0 Å². The number of benzene rings is 2. The molecule has 0 spiro atoms. The van der Waals surface area contributed by atoms with E-state index in [1.165, 1.54) is 19.2 Å². The van der Waals surface area contributed by atoms with Gasteiger partial charge in [0, 0.05) is 44.1 Å². The molecular weight excluding hydrogens is 515 g/mol. The summed E-state index contributed by atoms with van der Waals surface area (Å²) in [4.78, 5) is 11.5. The van der Waals surface area contributed by atoms with Gasteiger partial charge < -0.3 is 31.2 Å². The van der Waals surface area contributed by atoms with Crippen LogP contribution in [0.4, 0.5) is 11.4 Å². The molecule has 0 amide bonds. The van der Waals surface area contributed by atoms with Crippen LogP contribution in [0.15, 0.2) is 36.4 Å². The third kappa shape index (κ3) is 5.27. The second kappa shape index (κ2) is 9.61. The summed E-state index contributed by atoms with van der Waals surface area (Å²) in [5.41, 5.74) is 12.5. The Morgan fingerprint density at radius 3 is 1.87 bits per heavy atom. The number of esters is 1. The molecule has 0 aliphatic heterocycles. The fraction of sp³-hybridized carbons (Fsp3) is 0.133. The maximum Gasteiger partial charge on any atom is 0.338 e. The van der Waals surface area contributed by atoms with Crippen LogP contribution in [0.3, 0.4) is 0 Å². The van der Waals surface area contributed by atoms with Crippen molar-refractivity contribution in [3.63, 3.8) is 0 Å². The Morgan fingerprint density at radius 1 is 0.957 bits per heavy atom. The van der Waals surface area contributed by atoms with Gasteiger partial charge in [-0.05, 0) is 36.4 Å². The molecule has 7 nitrogen and oxygen atoms in total. The van der Waals surface area contributed by atoms with Crippen LogP contribution in [-0.2, 0) is 4.74 Å². The molecule has 0 bridgehead atoms. The van der Waals surface area contributed by atoms with E-state index in [1.807, 2.05) is 0 Å². The van der Waals surface area contributed by atoms with Gasteiger partial charge in [0.05, 0.1) is 31.2 Å². The zero-order valence-electron chi connectivity index (χ0n) is 12.8. The zero-order valence-corrected chi connectivity index (χ0v) is 17.6. The maximum absolute atomic E-state index is 11.5. The van der Waals surface area contributed by atoms with Crippen LogP contribution in [0.5, 0.6) is 17.2 Å². The van der Waals surface area contributed by atoms with Crippen molar-refractivity contribution >= 4 is 17.3 Å². The number of hydrogen-bond donors (Lipinski definition) is 2. The molecule has 1 radical (unpaired) electrons. The summed E-state index contributed by atoms with van der Waals surface area (Å²) in [5.74, 6) is 1.06.